The summed E-state index contributed by atoms with van der Waals surface area (Å²) in [5, 5.41) is 5.51. The Hall–Kier alpha value is -2.60. The fourth-order valence-corrected chi connectivity index (χ4v) is 2.00. The standard InChI is InChI=1S/C15H13N3O3.ClH/c19-14-5-7-21-13-4-3-11(8-12(13)18-14)17-15(20)10-2-1-6-16-9-10;/h1-4,6,8-9H,5,7H2,(H,17,20)(H,18,19);1H. The number of hydrogen-bond acceptors (Lipinski definition) is 4. The van der Waals surface area contributed by atoms with Crippen molar-refractivity contribution >= 4 is 35.6 Å². The fraction of sp³-hybridized carbons (Fsp3) is 0.133. The maximum absolute atomic E-state index is 12.0. The summed E-state index contributed by atoms with van der Waals surface area (Å²) in [4.78, 5) is 27.5. The maximum Gasteiger partial charge on any atom is 0.257 e. The molecule has 2 N–H and O–H groups in total. The molecule has 2 heterocycles. The largest absolute Gasteiger partial charge is 0.491 e. The highest BCUT2D eigenvalue weighted by Gasteiger charge is 2.15. The highest BCUT2D eigenvalue weighted by molar-refractivity contribution is 6.04. The van der Waals surface area contributed by atoms with Gasteiger partial charge in [-0.25, -0.2) is 0 Å². The summed E-state index contributed by atoms with van der Waals surface area (Å²) >= 11 is 0. The molecule has 6 nitrogen and oxygen atoms in total. The number of aromatic nitrogens is 1. The van der Waals surface area contributed by atoms with Gasteiger partial charge in [0.05, 0.1) is 24.3 Å². The average Bonchev–Trinajstić information content (AvgIpc) is 2.68. The van der Waals surface area contributed by atoms with Crippen LogP contribution in [0, 0.1) is 0 Å². The monoisotopic (exact) mass is 319 g/mol. The zero-order valence-corrected chi connectivity index (χ0v) is 12.4. The molecule has 0 unspecified atom stereocenters. The summed E-state index contributed by atoms with van der Waals surface area (Å²) in [6, 6.07) is 8.49. The van der Waals surface area contributed by atoms with Gasteiger partial charge in [-0.05, 0) is 30.3 Å². The van der Waals surface area contributed by atoms with Crippen LogP contribution in [0.25, 0.3) is 0 Å². The molecule has 0 radical (unpaired) electrons. The van der Waals surface area contributed by atoms with Crippen molar-refractivity contribution in [1.82, 2.24) is 4.98 Å². The van der Waals surface area contributed by atoms with E-state index in [2.05, 4.69) is 15.6 Å². The SMILES string of the molecule is Cl.O=C1CCOc2ccc(NC(=O)c3cccnc3)cc2N1. The molecule has 114 valence electrons. The molecule has 1 aromatic carbocycles. The lowest BCUT2D eigenvalue weighted by Gasteiger charge is -2.10. The van der Waals surface area contributed by atoms with E-state index in [-0.39, 0.29) is 24.2 Å². The number of ether oxygens (including phenoxy) is 1. The quantitative estimate of drug-likeness (QED) is 0.891. The highest BCUT2D eigenvalue weighted by atomic mass is 35.5. The van der Waals surface area contributed by atoms with Gasteiger partial charge in [0.1, 0.15) is 5.75 Å². The number of hydrogen-bond donors (Lipinski definition) is 2. The normalized spacial score (nSPS) is 12.8. The van der Waals surface area contributed by atoms with Crippen molar-refractivity contribution < 1.29 is 14.3 Å². The summed E-state index contributed by atoms with van der Waals surface area (Å²) in [7, 11) is 0. The number of nitrogens with zero attached hydrogens (tertiary/aromatic N) is 1. The van der Waals surface area contributed by atoms with Crippen LogP contribution in [0.1, 0.15) is 16.8 Å². The van der Waals surface area contributed by atoms with E-state index >= 15 is 0 Å². The Morgan fingerprint density at radius 1 is 1.32 bits per heavy atom. The second-order valence-electron chi connectivity index (χ2n) is 4.55. The molecular formula is C15H14ClN3O3. The van der Waals surface area contributed by atoms with Crippen molar-refractivity contribution in [1.29, 1.82) is 0 Å². The molecule has 0 fully saturated rings. The van der Waals surface area contributed by atoms with Crippen LogP contribution in [-0.4, -0.2) is 23.4 Å². The first-order chi connectivity index (χ1) is 10.2. The molecule has 1 aromatic heterocycles. The first-order valence-electron chi connectivity index (χ1n) is 6.50. The Balaban J connectivity index is 0.00000176. The van der Waals surface area contributed by atoms with Gasteiger partial charge in [-0.2, -0.15) is 0 Å². The lowest BCUT2D eigenvalue weighted by Crippen LogP contribution is -2.13. The number of rotatable bonds is 2. The Morgan fingerprint density at radius 2 is 2.18 bits per heavy atom. The molecule has 2 aromatic rings. The zero-order valence-electron chi connectivity index (χ0n) is 11.5. The van der Waals surface area contributed by atoms with Crippen LogP contribution in [0.5, 0.6) is 5.75 Å². The van der Waals surface area contributed by atoms with E-state index in [1.54, 1.807) is 36.5 Å². The van der Waals surface area contributed by atoms with Gasteiger partial charge in [0.2, 0.25) is 5.91 Å². The molecule has 0 aliphatic carbocycles. The molecule has 2 amide bonds. The third-order valence-electron chi connectivity index (χ3n) is 3.02. The van der Waals surface area contributed by atoms with Crippen molar-refractivity contribution in [2.24, 2.45) is 0 Å². The molecule has 22 heavy (non-hydrogen) atoms. The second kappa shape index (κ2) is 6.91. The number of benzene rings is 1. The van der Waals surface area contributed by atoms with Gasteiger partial charge in [-0.3, -0.25) is 14.6 Å². The van der Waals surface area contributed by atoms with E-state index < -0.39 is 0 Å². The topological polar surface area (TPSA) is 80.3 Å². The number of nitrogens with one attached hydrogen (secondary N) is 2. The highest BCUT2D eigenvalue weighted by Crippen LogP contribution is 2.30. The summed E-state index contributed by atoms with van der Waals surface area (Å²) in [6.45, 7) is 0.347. The fourth-order valence-electron chi connectivity index (χ4n) is 2.00. The number of halogens is 1. The molecule has 3 rings (SSSR count). The van der Waals surface area contributed by atoms with E-state index in [0.29, 0.717) is 35.7 Å². The van der Waals surface area contributed by atoms with Crippen LogP contribution in [0.3, 0.4) is 0 Å². The summed E-state index contributed by atoms with van der Waals surface area (Å²) in [5.41, 5.74) is 1.60. The lowest BCUT2D eigenvalue weighted by molar-refractivity contribution is -0.116. The molecule has 7 heteroatoms. The Bertz CT molecular complexity index is 692. The van der Waals surface area contributed by atoms with Crippen molar-refractivity contribution in [2.45, 2.75) is 6.42 Å². The van der Waals surface area contributed by atoms with Crippen LogP contribution < -0.4 is 15.4 Å². The van der Waals surface area contributed by atoms with Gasteiger partial charge in [-0.15, -0.1) is 12.4 Å². The molecule has 1 aliphatic rings. The lowest BCUT2D eigenvalue weighted by atomic mass is 10.2. The molecule has 0 saturated carbocycles. The van der Waals surface area contributed by atoms with E-state index in [1.165, 1.54) is 6.20 Å². The number of carbonyl (C=O) groups excluding carboxylic acids is 2. The van der Waals surface area contributed by atoms with Crippen LogP contribution in [0.2, 0.25) is 0 Å². The smallest absolute Gasteiger partial charge is 0.257 e. The number of fused-ring (bicyclic) bond motifs is 1. The van der Waals surface area contributed by atoms with E-state index in [0.717, 1.165) is 0 Å². The molecular weight excluding hydrogens is 306 g/mol. The molecule has 0 spiro atoms. The van der Waals surface area contributed by atoms with E-state index in [1.807, 2.05) is 0 Å². The summed E-state index contributed by atoms with van der Waals surface area (Å²) in [5.74, 6) is 0.230. The minimum atomic E-state index is -0.260. The van der Waals surface area contributed by atoms with Gasteiger partial charge in [-0.1, -0.05) is 0 Å². The predicted molar refractivity (Wildman–Crippen MR) is 84.6 cm³/mol. The third-order valence-corrected chi connectivity index (χ3v) is 3.02. The van der Waals surface area contributed by atoms with Crippen molar-refractivity contribution in [3.63, 3.8) is 0 Å². The predicted octanol–water partition coefficient (Wildman–Crippen LogP) is 2.48. The second-order valence-corrected chi connectivity index (χ2v) is 4.55. The van der Waals surface area contributed by atoms with Gasteiger partial charge in [0.15, 0.2) is 0 Å². The van der Waals surface area contributed by atoms with Gasteiger partial charge < -0.3 is 15.4 Å². The Kier molecular flexibility index (Phi) is 4.95. The number of carbonyl (C=O) groups is 2. The van der Waals surface area contributed by atoms with Gasteiger partial charge in [0.25, 0.3) is 5.91 Å². The first-order valence-corrected chi connectivity index (χ1v) is 6.50. The van der Waals surface area contributed by atoms with Crippen molar-refractivity contribution in [2.75, 3.05) is 17.2 Å². The maximum atomic E-state index is 12.0. The zero-order chi connectivity index (χ0) is 14.7. The van der Waals surface area contributed by atoms with Crippen LogP contribution >= 0.6 is 12.4 Å². The van der Waals surface area contributed by atoms with Gasteiger partial charge in [0, 0.05) is 18.1 Å². The summed E-state index contributed by atoms with van der Waals surface area (Å²) < 4.78 is 5.46. The molecule has 0 bridgehead atoms. The molecule has 1 aliphatic heterocycles. The third kappa shape index (κ3) is 3.53. The van der Waals surface area contributed by atoms with Crippen LogP contribution in [0.15, 0.2) is 42.7 Å². The Labute approximate surface area is 133 Å². The Morgan fingerprint density at radius 3 is 2.95 bits per heavy atom. The van der Waals surface area contributed by atoms with Crippen molar-refractivity contribution in [3.8, 4) is 5.75 Å². The number of amides is 2. The minimum Gasteiger partial charge on any atom is -0.491 e. The van der Waals surface area contributed by atoms with E-state index in [4.69, 9.17) is 4.74 Å². The molecule has 0 saturated heterocycles. The minimum absolute atomic E-state index is 0. The first kappa shape index (κ1) is 15.8. The van der Waals surface area contributed by atoms with Crippen LogP contribution in [0.4, 0.5) is 11.4 Å². The summed E-state index contributed by atoms with van der Waals surface area (Å²) in [6.07, 6.45) is 3.40. The van der Waals surface area contributed by atoms with Crippen molar-refractivity contribution in [3.05, 3.63) is 48.3 Å². The van der Waals surface area contributed by atoms with Crippen LogP contribution in [-0.2, 0) is 4.79 Å². The average molecular weight is 320 g/mol. The number of pyridine rings is 1. The number of anilines is 2. The van der Waals surface area contributed by atoms with E-state index in [9.17, 15) is 9.59 Å². The van der Waals surface area contributed by atoms with Gasteiger partial charge >= 0.3 is 0 Å². The molecule has 0 atom stereocenters.